The van der Waals surface area contributed by atoms with Crippen LogP contribution in [0.2, 0.25) is 5.02 Å². The molecule has 0 fully saturated rings. The first-order valence-electron chi connectivity index (χ1n) is 9.80. The van der Waals surface area contributed by atoms with Gasteiger partial charge in [-0.15, -0.1) is 10.2 Å². The van der Waals surface area contributed by atoms with E-state index in [0.717, 1.165) is 35.0 Å². The molecule has 0 aliphatic rings. The highest BCUT2D eigenvalue weighted by molar-refractivity contribution is 8.00. The Balaban J connectivity index is 1.57. The van der Waals surface area contributed by atoms with E-state index in [0.29, 0.717) is 21.4 Å². The summed E-state index contributed by atoms with van der Waals surface area (Å²) in [4.78, 5) is 17.3. The van der Waals surface area contributed by atoms with Crippen LogP contribution in [0.15, 0.2) is 47.6 Å². The molecule has 0 aliphatic carbocycles. The number of hydrogen-bond donors (Lipinski definition) is 1. The van der Waals surface area contributed by atoms with Crippen LogP contribution in [-0.2, 0) is 11.3 Å². The molecule has 9 heteroatoms. The number of anilines is 1. The second kappa shape index (κ2) is 8.92. The van der Waals surface area contributed by atoms with E-state index in [9.17, 15) is 4.79 Å². The summed E-state index contributed by atoms with van der Waals surface area (Å²) in [6.45, 7) is 4.72. The van der Waals surface area contributed by atoms with Crippen LogP contribution in [0.25, 0.3) is 22.1 Å². The predicted octanol–water partition coefficient (Wildman–Crippen LogP) is 5.03. The SMILES string of the molecule is CCCn1c2ccccc2c2nnc(SC(C)C(=O)Nc3ccc(C#N)c(Cl)c3)nc21. The molecule has 1 atom stereocenters. The van der Waals surface area contributed by atoms with E-state index < -0.39 is 5.25 Å². The standard InChI is InChI=1S/C22H19ClN6OS/c1-3-10-29-18-7-5-4-6-16(18)19-20(29)26-22(28-27-19)31-13(2)21(30)25-15-9-8-14(12-24)17(23)11-15/h4-9,11,13H,3,10H2,1-2H3,(H,25,30). The summed E-state index contributed by atoms with van der Waals surface area (Å²) in [6.07, 6.45) is 0.964. The van der Waals surface area contributed by atoms with Gasteiger partial charge in [0.1, 0.15) is 11.6 Å². The summed E-state index contributed by atoms with van der Waals surface area (Å²) < 4.78 is 2.15. The van der Waals surface area contributed by atoms with Gasteiger partial charge in [-0.05, 0) is 37.6 Å². The number of thioether (sulfide) groups is 1. The third-order valence-corrected chi connectivity index (χ3v) is 6.07. The zero-order valence-corrected chi connectivity index (χ0v) is 18.5. The van der Waals surface area contributed by atoms with Crippen molar-refractivity contribution in [2.45, 2.75) is 37.2 Å². The number of rotatable bonds is 6. The highest BCUT2D eigenvalue weighted by Gasteiger charge is 2.19. The van der Waals surface area contributed by atoms with Crippen LogP contribution in [0, 0.1) is 11.3 Å². The van der Waals surface area contributed by atoms with Crippen LogP contribution < -0.4 is 5.32 Å². The number of nitriles is 1. The van der Waals surface area contributed by atoms with E-state index in [4.69, 9.17) is 21.8 Å². The first kappa shape index (κ1) is 21.1. The van der Waals surface area contributed by atoms with Crippen molar-refractivity contribution >= 4 is 57.0 Å². The van der Waals surface area contributed by atoms with Crippen molar-refractivity contribution in [3.05, 3.63) is 53.1 Å². The minimum atomic E-state index is -0.460. The molecule has 31 heavy (non-hydrogen) atoms. The fourth-order valence-corrected chi connectivity index (χ4v) is 4.26. The smallest absolute Gasteiger partial charge is 0.237 e. The van der Waals surface area contributed by atoms with Crippen LogP contribution in [0.1, 0.15) is 25.8 Å². The number of aromatic nitrogens is 4. The number of nitrogens with one attached hydrogen (secondary N) is 1. The number of para-hydroxylation sites is 1. The zero-order chi connectivity index (χ0) is 22.0. The van der Waals surface area contributed by atoms with Crippen molar-refractivity contribution in [1.82, 2.24) is 19.7 Å². The average molecular weight is 451 g/mol. The van der Waals surface area contributed by atoms with Gasteiger partial charge in [0.2, 0.25) is 11.1 Å². The molecular weight excluding hydrogens is 432 g/mol. The average Bonchev–Trinajstić information content (AvgIpc) is 3.07. The largest absolute Gasteiger partial charge is 0.325 e. The molecule has 156 valence electrons. The van der Waals surface area contributed by atoms with Gasteiger partial charge in [-0.2, -0.15) is 5.26 Å². The quantitative estimate of drug-likeness (QED) is 0.413. The summed E-state index contributed by atoms with van der Waals surface area (Å²) in [5, 5.41) is 21.7. The molecule has 0 bridgehead atoms. The molecule has 4 rings (SSSR count). The normalized spacial score (nSPS) is 12.1. The highest BCUT2D eigenvalue weighted by Crippen LogP contribution is 2.29. The van der Waals surface area contributed by atoms with Gasteiger partial charge in [0.25, 0.3) is 0 Å². The number of hydrogen-bond acceptors (Lipinski definition) is 6. The van der Waals surface area contributed by atoms with Gasteiger partial charge in [-0.25, -0.2) is 4.98 Å². The molecule has 4 aromatic rings. The number of carbonyl (C=O) groups is 1. The maximum Gasteiger partial charge on any atom is 0.237 e. The van der Waals surface area contributed by atoms with Crippen LogP contribution >= 0.6 is 23.4 Å². The molecule has 2 aromatic carbocycles. The molecule has 0 aliphatic heterocycles. The molecule has 0 radical (unpaired) electrons. The van der Waals surface area contributed by atoms with Crippen molar-refractivity contribution < 1.29 is 4.79 Å². The minimum absolute atomic E-state index is 0.219. The van der Waals surface area contributed by atoms with E-state index in [-0.39, 0.29) is 5.91 Å². The van der Waals surface area contributed by atoms with Crippen molar-refractivity contribution in [1.29, 1.82) is 5.26 Å². The molecule has 1 unspecified atom stereocenters. The molecule has 7 nitrogen and oxygen atoms in total. The summed E-state index contributed by atoms with van der Waals surface area (Å²) in [7, 11) is 0. The topological polar surface area (TPSA) is 96.5 Å². The second-order valence-electron chi connectivity index (χ2n) is 6.99. The Hall–Kier alpha value is -3.15. The molecule has 1 N–H and O–H groups in total. The lowest BCUT2D eigenvalue weighted by Gasteiger charge is -2.11. The van der Waals surface area contributed by atoms with Crippen LogP contribution in [-0.4, -0.2) is 30.9 Å². The third-order valence-electron chi connectivity index (χ3n) is 4.81. The monoisotopic (exact) mass is 450 g/mol. The lowest BCUT2D eigenvalue weighted by atomic mass is 10.2. The first-order chi connectivity index (χ1) is 15.0. The van der Waals surface area contributed by atoms with Gasteiger partial charge in [0, 0.05) is 17.6 Å². The molecule has 0 spiro atoms. The van der Waals surface area contributed by atoms with E-state index in [1.807, 2.05) is 24.3 Å². The van der Waals surface area contributed by atoms with Gasteiger partial charge in [0.05, 0.1) is 21.4 Å². The number of aryl methyl sites for hydroxylation is 1. The molecule has 0 saturated carbocycles. The van der Waals surface area contributed by atoms with Gasteiger partial charge >= 0.3 is 0 Å². The first-order valence-corrected chi connectivity index (χ1v) is 11.1. The Morgan fingerprint density at radius 2 is 2.10 bits per heavy atom. The number of carbonyl (C=O) groups excluding carboxylic acids is 1. The van der Waals surface area contributed by atoms with Crippen LogP contribution in [0.3, 0.4) is 0 Å². The number of nitrogens with zero attached hydrogens (tertiary/aromatic N) is 5. The third kappa shape index (κ3) is 4.20. The van der Waals surface area contributed by atoms with Crippen LogP contribution in [0.4, 0.5) is 5.69 Å². The van der Waals surface area contributed by atoms with Crippen molar-refractivity contribution in [2.75, 3.05) is 5.32 Å². The Morgan fingerprint density at radius 3 is 2.84 bits per heavy atom. The summed E-state index contributed by atoms with van der Waals surface area (Å²) in [6, 6.07) is 14.8. The maximum atomic E-state index is 12.6. The Labute approximate surface area is 188 Å². The molecule has 2 heterocycles. The predicted molar refractivity (Wildman–Crippen MR) is 123 cm³/mol. The van der Waals surface area contributed by atoms with Crippen molar-refractivity contribution in [2.24, 2.45) is 0 Å². The fraction of sp³-hybridized carbons (Fsp3) is 0.227. The number of fused-ring (bicyclic) bond motifs is 3. The Morgan fingerprint density at radius 1 is 1.29 bits per heavy atom. The molecule has 1 amide bonds. The van der Waals surface area contributed by atoms with Gasteiger partial charge in [0.15, 0.2) is 5.65 Å². The van der Waals surface area contributed by atoms with Crippen molar-refractivity contribution in [3.8, 4) is 6.07 Å². The summed E-state index contributed by atoms with van der Waals surface area (Å²) >= 11 is 7.28. The van der Waals surface area contributed by atoms with E-state index in [1.54, 1.807) is 25.1 Å². The summed E-state index contributed by atoms with van der Waals surface area (Å²) in [5.41, 5.74) is 3.49. The van der Waals surface area contributed by atoms with E-state index >= 15 is 0 Å². The molecular formula is C22H19ClN6OS. The molecule has 2 aromatic heterocycles. The molecule has 0 saturated heterocycles. The van der Waals surface area contributed by atoms with Gasteiger partial charge < -0.3 is 9.88 Å². The lowest BCUT2D eigenvalue weighted by Crippen LogP contribution is -2.22. The zero-order valence-electron chi connectivity index (χ0n) is 17.0. The fourth-order valence-electron chi connectivity index (χ4n) is 3.33. The van der Waals surface area contributed by atoms with E-state index in [1.165, 1.54) is 11.8 Å². The van der Waals surface area contributed by atoms with E-state index in [2.05, 4.69) is 33.1 Å². The Bertz CT molecular complexity index is 1330. The van der Waals surface area contributed by atoms with Gasteiger partial charge in [-0.1, -0.05) is 48.5 Å². The highest BCUT2D eigenvalue weighted by atomic mass is 35.5. The number of halogens is 1. The minimum Gasteiger partial charge on any atom is -0.325 e. The van der Waals surface area contributed by atoms with Crippen LogP contribution in [0.5, 0.6) is 0 Å². The second-order valence-corrected chi connectivity index (χ2v) is 8.71. The summed E-state index contributed by atoms with van der Waals surface area (Å²) in [5.74, 6) is -0.219. The lowest BCUT2D eigenvalue weighted by molar-refractivity contribution is -0.115. The number of amides is 1. The maximum absolute atomic E-state index is 12.6. The van der Waals surface area contributed by atoms with Crippen molar-refractivity contribution in [3.63, 3.8) is 0 Å². The number of benzene rings is 2. The Kier molecular flexibility index (Phi) is 6.07. The van der Waals surface area contributed by atoms with Gasteiger partial charge in [-0.3, -0.25) is 4.79 Å².